The van der Waals surface area contributed by atoms with Crippen molar-refractivity contribution in [3.63, 3.8) is 0 Å². The van der Waals surface area contributed by atoms with E-state index in [0.717, 1.165) is 17.8 Å². The lowest BCUT2D eigenvalue weighted by Gasteiger charge is -2.21. The number of likely N-dealkylation sites (tertiary alicyclic amines) is 1. The fourth-order valence-corrected chi connectivity index (χ4v) is 3.20. The number of amides is 1. The number of rotatable bonds is 4. The summed E-state index contributed by atoms with van der Waals surface area (Å²) < 4.78 is 6.84. The Morgan fingerprint density at radius 3 is 2.76 bits per heavy atom. The first-order valence-electron chi connectivity index (χ1n) is 8.34. The van der Waals surface area contributed by atoms with Crippen molar-refractivity contribution in [1.82, 2.24) is 24.6 Å². The Labute approximate surface area is 147 Å². The van der Waals surface area contributed by atoms with Gasteiger partial charge in [-0.15, -0.1) is 0 Å². The average molecular weight is 344 g/mol. The summed E-state index contributed by atoms with van der Waals surface area (Å²) in [6, 6.07) is 2.50. The van der Waals surface area contributed by atoms with Gasteiger partial charge in [-0.25, -0.2) is 4.98 Å². The summed E-state index contributed by atoms with van der Waals surface area (Å²) in [6.45, 7) is 6.50. The molecular weight excluding hydrogens is 320 g/mol. The summed E-state index contributed by atoms with van der Waals surface area (Å²) in [5.41, 5.74) is 2.37. The molecule has 2 aromatic heterocycles. The van der Waals surface area contributed by atoms with Gasteiger partial charge in [0.2, 0.25) is 0 Å². The van der Waals surface area contributed by atoms with Gasteiger partial charge in [-0.1, -0.05) is 0 Å². The van der Waals surface area contributed by atoms with Gasteiger partial charge in [0.15, 0.2) is 0 Å². The van der Waals surface area contributed by atoms with Crippen LogP contribution in [0.5, 0.6) is 6.01 Å². The number of aromatic nitrogens is 4. The Morgan fingerprint density at radius 1 is 1.36 bits per heavy atom. The Bertz CT molecular complexity index is 787. The van der Waals surface area contributed by atoms with Crippen LogP contribution in [0, 0.1) is 13.8 Å². The molecule has 1 saturated heterocycles. The van der Waals surface area contributed by atoms with E-state index in [1.807, 2.05) is 31.9 Å². The number of hydrogen-bond donors (Lipinski definition) is 1. The summed E-state index contributed by atoms with van der Waals surface area (Å²) in [5, 5.41) is 7.57. The molecule has 2 aromatic rings. The zero-order chi connectivity index (χ0) is 18.1. The van der Waals surface area contributed by atoms with Crippen molar-refractivity contribution >= 4 is 11.7 Å². The molecule has 1 N–H and O–H groups in total. The number of carbonyl (C=O) groups excluding carboxylic acids is 1. The molecule has 0 spiro atoms. The lowest BCUT2D eigenvalue weighted by atomic mass is 10.2. The highest BCUT2D eigenvalue weighted by Crippen LogP contribution is 2.24. The molecule has 0 aromatic carbocycles. The van der Waals surface area contributed by atoms with Gasteiger partial charge in [0.25, 0.3) is 5.91 Å². The zero-order valence-electron chi connectivity index (χ0n) is 15.3. The molecule has 0 radical (unpaired) electrons. The van der Waals surface area contributed by atoms with Crippen LogP contribution < -0.4 is 10.1 Å². The molecule has 2 atom stereocenters. The minimum absolute atomic E-state index is 0.0267. The number of hydrogen-bond acceptors (Lipinski definition) is 6. The van der Waals surface area contributed by atoms with E-state index in [-0.39, 0.29) is 18.0 Å². The van der Waals surface area contributed by atoms with Crippen LogP contribution in [0.3, 0.4) is 0 Å². The van der Waals surface area contributed by atoms with Gasteiger partial charge in [0.1, 0.15) is 5.82 Å². The van der Waals surface area contributed by atoms with Crippen LogP contribution in [-0.4, -0.2) is 56.3 Å². The number of carbonyl (C=O) groups is 1. The van der Waals surface area contributed by atoms with Crippen LogP contribution >= 0.6 is 0 Å². The molecule has 1 fully saturated rings. The number of nitrogens with one attached hydrogen (secondary N) is 1. The van der Waals surface area contributed by atoms with Crippen molar-refractivity contribution < 1.29 is 9.53 Å². The number of anilines is 1. The number of aryl methyl sites for hydroxylation is 2. The molecule has 1 amide bonds. The van der Waals surface area contributed by atoms with Crippen LogP contribution in [0.1, 0.15) is 35.1 Å². The van der Waals surface area contributed by atoms with E-state index in [1.54, 1.807) is 18.0 Å². The Kier molecular flexibility index (Phi) is 4.61. The fourth-order valence-electron chi connectivity index (χ4n) is 3.20. The Balaban J connectivity index is 1.72. The summed E-state index contributed by atoms with van der Waals surface area (Å²) in [6.07, 6.45) is 2.50. The molecule has 8 heteroatoms. The van der Waals surface area contributed by atoms with Gasteiger partial charge in [-0.05, 0) is 27.2 Å². The molecule has 134 valence electrons. The molecule has 8 nitrogen and oxygen atoms in total. The first-order valence-corrected chi connectivity index (χ1v) is 8.34. The third kappa shape index (κ3) is 3.42. The van der Waals surface area contributed by atoms with Crippen molar-refractivity contribution in [3.8, 4) is 6.01 Å². The summed E-state index contributed by atoms with van der Waals surface area (Å²) >= 11 is 0. The maximum Gasteiger partial charge on any atom is 0.318 e. The maximum atomic E-state index is 12.8. The Hall–Kier alpha value is -2.64. The molecule has 1 aliphatic heterocycles. The highest BCUT2D eigenvalue weighted by molar-refractivity contribution is 5.95. The van der Waals surface area contributed by atoms with E-state index in [4.69, 9.17) is 4.74 Å². The molecule has 0 saturated carbocycles. The maximum absolute atomic E-state index is 12.8. The van der Waals surface area contributed by atoms with Crippen molar-refractivity contribution in [2.75, 3.05) is 19.0 Å². The summed E-state index contributed by atoms with van der Waals surface area (Å²) in [4.78, 5) is 23.3. The molecule has 2 unspecified atom stereocenters. The number of nitrogens with zero attached hydrogens (tertiary/aromatic N) is 5. The lowest BCUT2D eigenvalue weighted by Crippen LogP contribution is -2.35. The fraction of sp³-hybridized carbons (Fsp3) is 0.529. The normalized spacial score (nSPS) is 20.0. The minimum atomic E-state index is 0.0267. The predicted molar refractivity (Wildman–Crippen MR) is 93.8 cm³/mol. The second-order valence-corrected chi connectivity index (χ2v) is 6.53. The van der Waals surface area contributed by atoms with Crippen LogP contribution in [0.4, 0.5) is 5.82 Å². The van der Waals surface area contributed by atoms with Gasteiger partial charge in [-0.2, -0.15) is 10.1 Å². The topological polar surface area (TPSA) is 85.2 Å². The molecule has 3 heterocycles. The van der Waals surface area contributed by atoms with Gasteiger partial charge in [-0.3, -0.25) is 9.48 Å². The third-order valence-corrected chi connectivity index (χ3v) is 4.67. The van der Waals surface area contributed by atoms with Crippen LogP contribution in [0.25, 0.3) is 0 Å². The zero-order valence-corrected chi connectivity index (χ0v) is 15.3. The van der Waals surface area contributed by atoms with Crippen molar-refractivity contribution in [2.24, 2.45) is 7.05 Å². The molecule has 3 rings (SSSR count). The molecule has 1 aliphatic rings. The van der Waals surface area contributed by atoms with E-state index >= 15 is 0 Å². The largest absolute Gasteiger partial charge is 0.467 e. The first kappa shape index (κ1) is 17.2. The minimum Gasteiger partial charge on any atom is -0.467 e. The third-order valence-electron chi connectivity index (χ3n) is 4.67. The van der Waals surface area contributed by atoms with Gasteiger partial charge in [0, 0.05) is 43.1 Å². The molecule has 0 aliphatic carbocycles. The van der Waals surface area contributed by atoms with Crippen molar-refractivity contribution in [2.45, 2.75) is 39.3 Å². The van der Waals surface area contributed by atoms with Crippen LogP contribution in [0.2, 0.25) is 0 Å². The smallest absolute Gasteiger partial charge is 0.318 e. The highest BCUT2D eigenvalue weighted by Gasteiger charge is 2.34. The van der Waals surface area contributed by atoms with E-state index in [1.165, 1.54) is 0 Å². The SMILES string of the molecule is COc1nc(C)cc(NC2CC(C)N(C(=O)c3cnn(C)c3C)C2)n1. The van der Waals surface area contributed by atoms with Crippen LogP contribution in [0.15, 0.2) is 12.3 Å². The van der Waals surface area contributed by atoms with E-state index in [0.29, 0.717) is 23.9 Å². The van der Waals surface area contributed by atoms with E-state index in [9.17, 15) is 4.79 Å². The first-order chi connectivity index (χ1) is 11.9. The van der Waals surface area contributed by atoms with Gasteiger partial charge >= 0.3 is 6.01 Å². The van der Waals surface area contributed by atoms with Crippen molar-refractivity contribution in [1.29, 1.82) is 0 Å². The second-order valence-electron chi connectivity index (χ2n) is 6.53. The standard InChI is InChI=1S/C17H24N6O2/c1-10-6-15(21-17(19-10)25-5)20-13-7-11(2)23(9-13)16(24)14-8-18-22(4)12(14)3/h6,8,11,13H,7,9H2,1-5H3,(H,19,20,21). The number of methoxy groups -OCH3 is 1. The second kappa shape index (κ2) is 6.70. The molecule has 25 heavy (non-hydrogen) atoms. The number of ether oxygens (including phenoxy) is 1. The van der Waals surface area contributed by atoms with Gasteiger partial charge < -0.3 is 15.0 Å². The highest BCUT2D eigenvalue weighted by atomic mass is 16.5. The summed E-state index contributed by atoms with van der Waals surface area (Å²) in [5.74, 6) is 0.743. The molecular formula is C17H24N6O2. The predicted octanol–water partition coefficient (Wildman–Crippen LogP) is 1.55. The monoisotopic (exact) mass is 344 g/mol. The van der Waals surface area contributed by atoms with E-state index in [2.05, 4.69) is 27.3 Å². The lowest BCUT2D eigenvalue weighted by molar-refractivity contribution is 0.0745. The Morgan fingerprint density at radius 2 is 2.12 bits per heavy atom. The summed E-state index contributed by atoms with van der Waals surface area (Å²) in [7, 11) is 3.39. The molecule has 0 bridgehead atoms. The average Bonchev–Trinajstić information content (AvgIpc) is 3.09. The van der Waals surface area contributed by atoms with Crippen LogP contribution in [-0.2, 0) is 7.05 Å². The quantitative estimate of drug-likeness (QED) is 0.906. The van der Waals surface area contributed by atoms with E-state index < -0.39 is 0 Å². The van der Waals surface area contributed by atoms with Crippen molar-refractivity contribution in [3.05, 3.63) is 29.2 Å². The van der Waals surface area contributed by atoms with Gasteiger partial charge in [0.05, 0.1) is 18.9 Å².